The van der Waals surface area contributed by atoms with Crippen LogP contribution < -0.4 is 5.32 Å². The van der Waals surface area contributed by atoms with E-state index < -0.39 is 9.84 Å². The molecule has 1 amide bonds. The van der Waals surface area contributed by atoms with Crippen LogP contribution in [0.1, 0.15) is 45.4 Å². The van der Waals surface area contributed by atoms with Gasteiger partial charge in [-0.25, -0.2) is 8.42 Å². The molecule has 1 saturated heterocycles. The summed E-state index contributed by atoms with van der Waals surface area (Å²) in [7, 11) is -2.93. The molecular formula is C14H20N2O4S. The van der Waals surface area contributed by atoms with Crippen LogP contribution in [-0.2, 0) is 9.84 Å². The molecule has 116 valence electrons. The molecule has 1 aromatic rings. The smallest absolute Gasteiger partial charge is 0.268 e. The van der Waals surface area contributed by atoms with Gasteiger partial charge in [-0.05, 0) is 38.7 Å². The number of aromatic nitrogens is 1. The number of aryl methyl sites for hydroxylation is 1. The summed E-state index contributed by atoms with van der Waals surface area (Å²) in [6, 6.07) is 0. The second kappa shape index (κ2) is 5.63. The standard InChI is InChI=1S/C14H20N2O4S/c1-8-12(10(3)17)9(2)16-13(8)14(18)15-6-11-4-5-21(19,20)7-11/h11,16H,4-7H2,1-3H3,(H,15,18)/t11-/m1/s1. The lowest BCUT2D eigenvalue weighted by atomic mass is 10.1. The van der Waals surface area contributed by atoms with Crippen LogP contribution in [0.3, 0.4) is 0 Å². The zero-order valence-corrected chi connectivity index (χ0v) is 13.3. The van der Waals surface area contributed by atoms with Crippen LogP contribution in [0.2, 0.25) is 0 Å². The molecule has 21 heavy (non-hydrogen) atoms. The van der Waals surface area contributed by atoms with E-state index in [4.69, 9.17) is 0 Å². The number of ketones is 1. The highest BCUT2D eigenvalue weighted by atomic mass is 32.2. The van der Waals surface area contributed by atoms with Gasteiger partial charge in [-0.1, -0.05) is 0 Å². The van der Waals surface area contributed by atoms with E-state index in [2.05, 4.69) is 10.3 Å². The number of hydrogen-bond acceptors (Lipinski definition) is 4. The molecule has 1 fully saturated rings. The van der Waals surface area contributed by atoms with Crippen molar-refractivity contribution < 1.29 is 18.0 Å². The van der Waals surface area contributed by atoms with Crippen LogP contribution in [0.4, 0.5) is 0 Å². The van der Waals surface area contributed by atoms with E-state index >= 15 is 0 Å². The molecule has 2 heterocycles. The minimum atomic E-state index is -2.93. The minimum Gasteiger partial charge on any atom is -0.354 e. The first-order chi connectivity index (χ1) is 9.71. The zero-order valence-electron chi connectivity index (χ0n) is 12.4. The Hall–Kier alpha value is -1.63. The first kappa shape index (κ1) is 15.8. The van der Waals surface area contributed by atoms with Crippen LogP contribution in [0.25, 0.3) is 0 Å². The fourth-order valence-electron chi connectivity index (χ4n) is 2.86. The van der Waals surface area contributed by atoms with Crippen LogP contribution in [0.5, 0.6) is 0 Å². The first-order valence-electron chi connectivity index (χ1n) is 6.90. The van der Waals surface area contributed by atoms with Crippen LogP contribution >= 0.6 is 0 Å². The van der Waals surface area contributed by atoms with Crippen molar-refractivity contribution in [3.05, 3.63) is 22.5 Å². The van der Waals surface area contributed by atoms with Gasteiger partial charge >= 0.3 is 0 Å². The number of nitrogens with one attached hydrogen (secondary N) is 2. The number of aromatic amines is 1. The largest absolute Gasteiger partial charge is 0.354 e. The minimum absolute atomic E-state index is 0.0254. The number of H-pyrrole nitrogens is 1. The van der Waals surface area contributed by atoms with Crippen molar-refractivity contribution in [1.82, 2.24) is 10.3 Å². The maximum atomic E-state index is 12.2. The molecule has 0 aliphatic carbocycles. The lowest BCUT2D eigenvalue weighted by Crippen LogP contribution is -2.30. The van der Waals surface area contributed by atoms with Gasteiger partial charge in [0.05, 0.1) is 11.5 Å². The lowest BCUT2D eigenvalue weighted by Gasteiger charge is -2.09. The summed E-state index contributed by atoms with van der Waals surface area (Å²) in [6.45, 7) is 5.29. The van der Waals surface area contributed by atoms with Crippen molar-refractivity contribution in [1.29, 1.82) is 0 Å². The molecule has 0 bridgehead atoms. The van der Waals surface area contributed by atoms with Crippen LogP contribution in [0, 0.1) is 19.8 Å². The van der Waals surface area contributed by atoms with Crippen molar-refractivity contribution in [2.24, 2.45) is 5.92 Å². The lowest BCUT2D eigenvalue weighted by molar-refractivity contribution is 0.0943. The Kier molecular flexibility index (Phi) is 4.22. The number of Topliss-reactive ketones (excluding diaryl/α,β-unsaturated/α-hetero) is 1. The predicted molar refractivity (Wildman–Crippen MR) is 79.4 cm³/mol. The normalized spacial score (nSPS) is 20.4. The highest BCUT2D eigenvalue weighted by Crippen LogP contribution is 2.20. The number of hydrogen-bond donors (Lipinski definition) is 2. The van der Waals surface area contributed by atoms with E-state index in [1.54, 1.807) is 13.8 Å². The number of amides is 1. The maximum absolute atomic E-state index is 12.2. The molecule has 1 aliphatic heterocycles. The second-order valence-electron chi connectivity index (χ2n) is 5.66. The number of carbonyl (C=O) groups is 2. The fraction of sp³-hybridized carbons (Fsp3) is 0.571. The highest BCUT2D eigenvalue weighted by Gasteiger charge is 2.28. The van der Waals surface area contributed by atoms with Gasteiger partial charge in [0.25, 0.3) is 5.91 Å². The Labute approximate surface area is 124 Å². The summed E-state index contributed by atoms with van der Waals surface area (Å²) < 4.78 is 22.8. The summed E-state index contributed by atoms with van der Waals surface area (Å²) in [5.74, 6) is -0.0747. The molecule has 0 radical (unpaired) electrons. The molecule has 1 aliphatic rings. The van der Waals surface area contributed by atoms with E-state index in [1.165, 1.54) is 6.92 Å². The number of sulfone groups is 1. The molecule has 1 atom stereocenters. The fourth-order valence-corrected chi connectivity index (χ4v) is 4.73. The van der Waals surface area contributed by atoms with Crippen LogP contribution in [0.15, 0.2) is 0 Å². The Bertz CT molecular complexity index is 688. The molecule has 7 heteroatoms. The van der Waals surface area contributed by atoms with Gasteiger partial charge in [0.2, 0.25) is 0 Å². The maximum Gasteiger partial charge on any atom is 0.268 e. The van der Waals surface area contributed by atoms with E-state index in [1.807, 2.05) is 0 Å². The van der Waals surface area contributed by atoms with Gasteiger partial charge < -0.3 is 10.3 Å². The molecule has 0 aromatic carbocycles. The molecule has 0 unspecified atom stereocenters. The average molecular weight is 312 g/mol. The van der Waals surface area contributed by atoms with Gasteiger partial charge in [0.15, 0.2) is 15.6 Å². The SMILES string of the molecule is CC(=O)c1c(C)[nH]c(C(=O)NC[C@H]2CCS(=O)(=O)C2)c1C. The summed E-state index contributed by atoms with van der Waals surface area (Å²) >= 11 is 0. The summed E-state index contributed by atoms with van der Waals surface area (Å²) in [5.41, 5.74) is 2.23. The Morgan fingerprint density at radius 3 is 2.48 bits per heavy atom. The third-order valence-electron chi connectivity index (χ3n) is 3.89. The second-order valence-corrected chi connectivity index (χ2v) is 7.89. The Balaban J connectivity index is 2.05. The number of rotatable bonds is 4. The van der Waals surface area contributed by atoms with Crippen molar-refractivity contribution in [2.75, 3.05) is 18.1 Å². The summed E-state index contributed by atoms with van der Waals surface area (Å²) in [5, 5.41) is 2.75. The van der Waals surface area contributed by atoms with E-state index in [0.29, 0.717) is 35.5 Å². The predicted octanol–water partition coefficient (Wildman–Crippen LogP) is 0.999. The molecule has 0 spiro atoms. The molecular weight excluding hydrogens is 292 g/mol. The van der Waals surface area contributed by atoms with Crippen molar-refractivity contribution in [3.63, 3.8) is 0 Å². The third kappa shape index (κ3) is 3.34. The molecule has 2 rings (SSSR count). The van der Waals surface area contributed by atoms with Gasteiger partial charge in [-0.3, -0.25) is 9.59 Å². The molecule has 1 aromatic heterocycles. The topological polar surface area (TPSA) is 96.1 Å². The molecule has 2 N–H and O–H groups in total. The van der Waals surface area contributed by atoms with E-state index in [9.17, 15) is 18.0 Å². The highest BCUT2D eigenvalue weighted by molar-refractivity contribution is 7.91. The molecule has 6 nitrogen and oxygen atoms in total. The summed E-state index contributed by atoms with van der Waals surface area (Å²) in [4.78, 5) is 26.6. The van der Waals surface area contributed by atoms with Gasteiger partial charge in [-0.15, -0.1) is 0 Å². The zero-order chi connectivity index (χ0) is 15.8. The monoisotopic (exact) mass is 312 g/mol. The summed E-state index contributed by atoms with van der Waals surface area (Å²) in [6.07, 6.45) is 0.587. The third-order valence-corrected chi connectivity index (χ3v) is 5.73. The first-order valence-corrected chi connectivity index (χ1v) is 8.72. The quantitative estimate of drug-likeness (QED) is 0.811. The van der Waals surface area contributed by atoms with Crippen LogP contribution in [-0.4, -0.2) is 43.1 Å². The average Bonchev–Trinajstić information content (AvgIpc) is 2.86. The van der Waals surface area contributed by atoms with Gasteiger partial charge in [0.1, 0.15) is 5.69 Å². The van der Waals surface area contributed by atoms with Crippen molar-refractivity contribution in [2.45, 2.75) is 27.2 Å². The Morgan fingerprint density at radius 1 is 1.33 bits per heavy atom. The van der Waals surface area contributed by atoms with E-state index in [-0.39, 0.29) is 29.1 Å². The number of carbonyl (C=O) groups excluding carboxylic acids is 2. The van der Waals surface area contributed by atoms with E-state index in [0.717, 1.165) is 0 Å². The van der Waals surface area contributed by atoms with Gasteiger partial charge in [-0.2, -0.15) is 0 Å². The van der Waals surface area contributed by atoms with Gasteiger partial charge in [0, 0.05) is 17.8 Å². The Morgan fingerprint density at radius 2 is 2.00 bits per heavy atom. The van der Waals surface area contributed by atoms with Crippen molar-refractivity contribution >= 4 is 21.5 Å². The van der Waals surface area contributed by atoms with Crippen molar-refractivity contribution in [3.8, 4) is 0 Å². The molecule has 0 saturated carbocycles.